The lowest BCUT2D eigenvalue weighted by Crippen LogP contribution is -2.30. The van der Waals surface area contributed by atoms with Gasteiger partial charge in [0.05, 0.1) is 6.04 Å². The van der Waals surface area contributed by atoms with Gasteiger partial charge in [-0.05, 0) is 46.9 Å². The molecule has 1 aromatic heterocycles. The monoisotopic (exact) mass is 268 g/mol. The quantitative estimate of drug-likeness (QED) is 0.660. The van der Waals surface area contributed by atoms with Crippen molar-refractivity contribution in [2.45, 2.75) is 19.4 Å². The third-order valence-electron chi connectivity index (χ3n) is 2.91. The molecule has 1 atom stereocenters. The number of hydrogen-bond acceptors (Lipinski definition) is 3. The van der Waals surface area contributed by atoms with Crippen molar-refractivity contribution >= 4 is 11.3 Å². The molecule has 18 heavy (non-hydrogen) atoms. The van der Waals surface area contributed by atoms with E-state index in [1.807, 2.05) is 17.7 Å². The van der Waals surface area contributed by atoms with Crippen molar-refractivity contribution in [3.63, 3.8) is 0 Å². The van der Waals surface area contributed by atoms with Gasteiger partial charge in [-0.3, -0.25) is 11.3 Å². The molecule has 0 aliphatic rings. The Labute approximate surface area is 108 Å². The van der Waals surface area contributed by atoms with Crippen LogP contribution in [0.3, 0.4) is 0 Å². The zero-order valence-electron chi connectivity index (χ0n) is 9.91. The molecular weight excluding hydrogens is 254 g/mol. The fourth-order valence-electron chi connectivity index (χ4n) is 1.89. The van der Waals surface area contributed by atoms with Crippen LogP contribution in [0.4, 0.5) is 8.78 Å². The second-order valence-electron chi connectivity index (χ2n) is 4.17. The van der Waals surface area contributed by atoms with Crippen molar-refractivity contribution in [1.82, 2.24) is 5.43 Å². The minimum atomic E-state index is -0.569. The van der Waals surface area contributed by atoms with Crippen molar-refractivity contribution in [3.05, 3.63) is 57.3 Å². The minimum Gasteiger partial charge on any atom is -0.271 e. The summed E-state index contributed by atoms with van der Waals surface area (Å²) in [5, 5.41) is 4.00. The highest BCUT2D eigenvalue weighted by Crippen LogP contribution is 2.25. The van der Waals surface area contributed by atoms with Gasteiger partial charge < -0.3 is 0 Å². The lowest BCUT2D eigenvalue weighted by atomic mass is 9.99. The Bertz CT molecular complexity index is 540. The zero-order chi connectivity index (χ0) is 13.1. The van der Waals surface area contributed by atoms with Crippen LogP contribution in [0.15, 0.2) is 29.0 Å². The van der Waals surface area contributed by atoms with Crippen molar-refractivity contribution < 1.29 is 8.78 Å². The number of rotatable bonds is 4. The van der Waals surface area contributed by atoms with Crippen molar-refractivity contribution in [2.75, 3.05) is 0 Å². The Morgan fingerprint density at radius 2 is 2.11 bits per heavy atom. The zero-order valence-corrected chi connectivity index (χ0v) is 10.7. The standard InChI is InChI=1S/C13H14F2N2S/c1-8-6-18-7-11(8)13(17-16)4-9-2-3-10(14)5-12(9)15/h2-3,5-7,13,17H,4,16H2,1H3. The van der Waals surface area contributed by atoms with E-state index in [0.29, 0.717) is 12.0 Å². The van der Waals surface area contributed by atoms with E-state index in [1.165, 1.54) is 12.1 Å². The van der Waals surface area contributed by atoms with Gasteiger partial charge in [-0.1, -0.05) is 6.07 Å². The van der Waals surface area contributed by atoms with Crippen LogP contribution < -0.4 is 11.3 Å². The number of hydrogen-bond donors (Lipinski definition) is 2. The maximum absolute atomic E-state index is 13.6. The second-order valence-corrected chi connectivity index (χ2v) is 4.91. The topological polar surface area (TPSA) is 38.0 Å². The minimum absolute atomic E-state index is 0.170. The van der Waals surface area contributed by atoms with Crippen LogP contribution in [0.1, 0.15) is 22.7 Å². The Hall–Kier alpha value is -1.30. The fraction of sp³-hybridized carbons (Fsp3) is 0.231. The van der Waals surface area contributed by atoms with Crippen LogP contribution in [0.5, 0.6) is 0 Å². The molecule has 0 saturated carbocycles. The molecule has 2 aromatic rings. The van der Waals surface area contributed by atoms with E-state index in [2.05, 4.69) is 5.43 Å². The van der Waals surface area contributed by atoms with E-state index in [1.54, 1.807) is 11.3 Å². The summed E-state index contributed by atoms with van der Waals surface area (Å²) in [5.74, 6) is 4.41. The Morgan fingerprint density at radius 3 is 2.67 bits per heavy atom. The largest absolute Gasteiger partial charge is 0.271 e. The summed E-state index contributed by atoms with van der Waals surface area (Å²) in [7, 11) is 0. The summed E-state index contributed by atoms with van der Waals surface area (Å²) in [4.78, 5) is 0. The lowest BCUT2D eigenvalue weighted by Gasteiger charge is -2.16. The van der Waals surface area contributed by atoms with Crippen LogP contribution in [0.25, 0.3) is 0 Å². The molecule has 1 heterocycles. The van der Waals surface area contributed by atoms with Crippen molar-refractivity contribution in [2.24, 2.45) is 5.84 Å². The first-order valence-corrected chi connectivity index (χ1v) is 6.49. The predicted molar refractivity (Wildman–Crippen MR) is 69.2 cm³/mol. The van der Waals surface area contributed by atoms with E-state index in [0.717, 1.165) is 17.2 Å². The molecule has 0 amide bonds. The molecule has 2 rings (SSSR count). The molecule has 2 nitrogen and oxygen atoms in total. The van der Waals surface area contributed by atoms with E-state index < -0.39 is 11.6 Å². The van der Waals surface area contributed by atoms with Gasteiger partial charge in [0.15, 0.2) is 0 Å². The highest BCUT2D eigenvalue weighted by Gasteiger charge is 2.16. The van der Waals surface area contributed by atoms with Gasteiger partial charge in [0.1, 0.15) is 11.6 Å². The Balaban J connectivity index is 2.23. The highest BCUT2D eigenvalue weighted by atomic mass is 32.1. The molecule has 1 aromatic carbocycles. The maximum atomic E-state index is 13.6. The summed E-state index contributed by atoms with van der Waals surface area (Å²) in [6.45, 7) is 1.98. The molecule has 0 fully saturated rings. The normalized spacial score (nSPS) is 12.7. The van der Waals surface area contributed by atoms with Gasteiger partial charge in [0, 0.05) is 6.07 Å². The predicted octanol–water partition coefficient (Wildman–Crippen LogP) is 3.08. The number of aryl methyl sites for hydroxylation is 1. The van der Waals surface area contributed by atoms with Crippen LogP contribution in [-0.2, 0) is 6.42 Å². The van der Waals surface area contributed by atoms with Crippen LogP contribution in [0.2, 0.25) is 0 Å². The second kappa shape index (κ2) is 5.56. The summed E-state index contributed by atoms with van der Waals surface area (Å²) >= 11 is 1.58. The van der Waals surface area contributed by atoms with Gasteiger partial charge in [0.2, 0.25) is 0 Å². The van der Waals surface area contributed by atoms with Gasteiger partial charge in [-0.15, -0.1) is 0 Å². The SMILES string of the molecule is Cc1cscc1C(Cc1ccc(F)cc1F)NN. The van der Waals surface area contributed by atoms with E-state index >= 15 is 0 Å². The maximum Gasteiger partial charge on any atom is 0.129 e. The molecule has 0 radical (unpaired) electrons. The van der Waals surface area contributed by atoms with Gasteiger partial charge >= 0.3 is 0 Å². The molecule has 3 N–H and O–H groups in total. The summed E-state index contributed by atoms with van der Waals surface area (Å²) in [5.41, 5.74) is 5.29. The average molecular weight is 268 g/mol. The van der Waals surface area contributed by atoms with Gasteiger partial charge in [-0.2, -0.15) is 11.3 Å². The molecule has 0 bridgehead atoms. The average Bonchev–Trinajstić information content (AvgIpc) is 2.75. The fourth-order valence-corrected chi connectivity index (χ4v) is 2.80. The Morgan fingerprint density at radius 1 is 1.33 bits per heavy atom. The van der Waals surface area contributed by atoms with Crippen LogP contribution in [-0.4, -0.2) is 0 Å². The third-order valence-corrected chi connectivity index (χ3v) is 3.79. The molecule has 0 aliphatic carbocycles. The van der Waals surface area contributed by atoms with Crippen LogP contribution >= 0.6 is 11.3 Å². The number of thiophene rings is 1. The van der Waals surface area contributed by atoms with Crippen molar-refractivity contribution in [1.29, 1.82) is 0 Å². The van der Waals surface area contributed by atoms with E-state index in [4.69, 9.17) is 5.84 Å². The summed E-state index contributed by atoms with van der Waals surface area (Å²) < 4.78 is 26.4. The molecule has 0 saturated heterocycles. The number of nitrogens with two attached hydrogens (primary N) is 1. The first-order chi connectivity index (χ1) is 8.61. The van der Waals surface area contributed by atoms with Crippen LogP contribution in [0, 0.1) is 18.6 Å². The molecule has 0 aliphatic heterocycles. The number of nitrogens with one attached hydrogen (secondary N) is 1. The first-order valence-electron chi connectivity index (χ1n) is 5.54. The lowest BCUT2D eigenvalue weighted by molar-refractivity contribution is 0.521. The van der Waals surface area contributed by atoms with Crippen molar-refractivity contribution in [3.8, 4) is 0 Å². The summed E-state index contributed by atoms with van der Waals surface area (Å²) in [6.07, 6.45) is 0.389. The molecule has 0 spiro atoms. The Kier molecular flexibility index (Phi) is 4.06. The van der Waals surface area contributed by atoms with E-state index in [9.17, 15) is 8.78 Å². The highest BCUT2D eigenvalue weighted by molar-refractivity contribution is 7.08. The smallest absolute Gasteiger partial charge is 0.129 e. The van der Waals surface area contributed by atoms with Gasteiger partial charge in [-0.25, -0.2) is 8.78 Å². The summed E-state index contributed by atoms with van der Waals surface area (Å²) in [6, 6.07) is 3.43. The number of benzene rings is 1. The first kappa shape index (κ1) is 13.1. The third kappa shape index (κ3) is 2.75. The van der Waals surface area contributed by atoms with E-state index in [-0.39, 0.29) is 6.04 Å². The molecule has 1 unspecified atom stereocenters. The van der Waals surface area contributed by atoms with Gasteiger partial charge in [0.25, 0.3) is 0 Å². The number of hydrazine groups is 1. The molecule has 5 heteroatoms. The number of halogens is 2. The molecule has 96 valence electrons. The molecular formula is C13H14F2N2S.